The number of Topliss-reactive ketones (excluding diaryl/α,β-unsaturated/α-hetero) is 1. The molecule has 1 unspecified atom stereocenters. The van der Waals surface area contributed by atoms with Crippen LogP contribution in [0.25, 0.3) is 0 Å². The molecule has 1 aliphatic rings. The molecular formula is C42H49N7O11. The van der Waals surface area contributed by atoms with Gasteiger partial charge in [-0.1, -0.05) is 86.1 Å². The normalized spacial score (nSPS) is 16.1. The Morgan fingerprint density at radius 1 is 0.800 bits per heavy atom. The van der Waals surface area contributed by atoms with E-state index in [0.29, 0.717) is 12.0 Å². The van der Waals surface area contributed by atoms with Crippen molar-refractivity contribution in [3.8, 4) is 0 Å². The maximum Gasteiger partial charge on any atom is 0.303 e. The molecule has 0 spiro atoms. The summed E-state index contributed by atoms with van der Waals surface area (Å²) in [7, 11) is 0. The fourth-order valence-electron chi connectivity index (χ4n) is 6.65. The summed E-state index contributed by atoms with van der Waals surface area (Å²) < 4.78 is 6.11. The van der Waals surface area contributed by atoms with Crippen molar-refractivity contribution >= 4 is 53.1 Å². The first kappa shape index (κ1) is 45.7. The van der Waals surface area contributed by atoms with Crippen molar-refractivity contribution in [1.82, 2.24) is 26.2 Å². The van der Waals surface area contributed by atoms with Crippen LogP contribution >= 0.6 is 0 Å². The van der Waals surface area contributed by atoms with Crippen LogP contribution in [0.4, 0.5) is 0 Å². The van der Waals surface area contributed by atoms with Gasteiger partial charge in [0.15, 0.2) is 0 Å². The highest BCUT2D eigenvalue weighted by molar-refractivity contribution is 6.38. The minimum absolute atomic E-state index is 0.00366. The van der Waals surface area contributed by atoms with Gasteiger partial charge < -0.3 is 47.5 Å². The molecule has 3 aromatic rings. The van der Waals surface area contributed by atoms with Gasteiger partial charge in [-0.3, -0.25) is 43.2 Å². The summed E-state index contributed by atoms with van der Waals surface area (Å²) in [6.07, 6.45) is -0.964. The van der Waals surface area contributed by atoms with Crippen LogP contribution in [-0.2, 0) is 44.9 Å². The first-order chi connectivity index (χ1) is 28.7. The van der Waals surface area contributed by atoms with Crippen molar-refractivity contribution in [3.05, 3.63) is 107 Å². The van der Waals surface area contributed by atoms with Gasteiger partial charge >= 0.3 is 5.97 Å². The average Bonchev–Trinajstić information content (AvgIpc) is 3.68. The molecule has 1 heterocycles. The molecule has 1 fully saturated rings. The first-order valence-corrected chi connectivity index (χ1v) is 19.3. The van der Waals surface area contributed by atoms with Crippen molar-refractivity contribution in [2.24, 2.45) is 11.5 Å². The number of amides is 7. The van der Waals surface area contributed by atoms with Gasteiger partial charge in [-0.25, -0.2) is 0 Å². The summed E-state index contributed by atoms with van der Waals surface area (Å²) in [6, 6.07) is 17.7. The van der Waals surface area contributed by atoms with Crippen molar-refractivity contribution in [1.29, 1.82) is 0 Å². The van der Waals surface area contributed by atoms with Crippen LogP contribution in [0.15, 0.2) is 84.9 Å². The number of carboxylic acids is 1. The third kappa shape index (κ3) is 13.0. The summed E-state index contributed by atoms with van der Waals surface area (Å²) >= 11 is 0. The number of ether oxygens (including phenoxy) is 1. The topological polar surface area (TPSA) is 286 Å². The number of carbonyl (C=O) groups is 9. The number of benzene rings is 3. The SMILES string of the molecule is CCCC(NC(=O)[C@@H]1C[C@@H](OCc2ccccc2)CN1C(=O)[C@H](CCCC(=O)O)NC(=O)c1ccccc1C(N)=O)C(=O)C(=O)NCC(=O)N[C@H](C(N)=O)c1ccccc1. The minimum atomic E-state index is -1.38. The molecule has 4 rings (SSSR count). The summed E-state index contributed by atoms with van der Waals surface area (Å²) in [5, 5.41) is 19.1. The number of carbonyl (C=O) groups excluding carboxylic acids is 8. The molecular weight excluding hydrogens is 778 g/mol. The van der Waals surface area contributed by atoms with Crippen LogP contribution in [0.3, 0.4) is 0 Å². The molecule has 9 N–H and O–H groups in total. The van der Waals surface area contributed by atoms with E-state index in [1.165, 1.54) is 29.2 Å². The Kier molecular flexibility index (Phi) is 17.0. The molecule has 18 nitrogen and oxygen atoms in total. The number of likely N-dealkylation sites (tertiary alicyclic amines) is 1. The van der Waals surface area contributed by atoms with E-state index in [0.717, 1.165) is 5.56 Å². The second-order valence-electron chi connectivity index (χ2n) is 14.1. The Morgan fingerprint density at radius 2 is 1.43 bits per heavy atom. The van der Waals surface area contributed by atoms with E-state index in [1.54, 1.807) is 37.3 Å². The Balaban J connectivity index is 1.53. The van der Waals surface area contributed by atoms with Crippen LogP contribution in [0.1, 0.15) is 83.3 Å². The predicted octanol–water partition coefficient (Wildman–Crippen LogP) is 0.638. The molecule has 5 atom stereocenters. The number of rotatable bonds is 22. The fraction of sp³-hybridized carbons (Fsp3) is 0.357. The van der Waals surface area contributed by atoms with Gasteiger partial charge in [0, 0.05) is 19.4 Å². The van der Waals surface area contributed by atoms with E-state index in [9.17, 15) is 48.3 Å². The second kappa shape index (κ2) is 22.3. The lowest BCUT2D eigenvalue weighted by Gasteiger charge is -2.29. The number of hydrogen-bond acceptors (Lipinski definition) is 10. The minimum Gasteiger partial charge on any atom is -0.481 e. The smallest absolute Gasteiger partial charge is 0.303 e. The van der Waals surface area contributed by atoms with Gasteiger partial charge in [-0.15, -0.1) is 0 Å². The zero-order valence-corrected chi connectivity index (χ0v) is 33.0. The van der Waals surface area contributed by atoms with E-state index in [4.69, 9.17) is 16.2 Å². The molecule has 1 aliphatic heterocycles. The molecule has 3 aromatic carbocycles. The van der Waals surface area contributed by atoms with E-state index in [2.05, 4.69) is 21.3 Å². The number of primary amides is 2. The van der Waals surface area contributed by atoms with Crippen molar-refractivity contribution in [3.63, 3.8) is 0 Å². The Bertz CT molecular complexity index is 2050. The maximum atomic E-state index is 14.4. The number of nitrogens with two attached hydrogens (primary N) is 2. The zero-order valence-electron chi connectivity index (χ0n) is 33.0. The molecule has 0 bridgehead atoms. The average molecular weight is 828 g/mol. The van der Waals surface area contributed by atoms with Crippen LogP contribution in [0.5, 0.6) is 0 Å². The molecule has 0 aromatic heterocycles. The monoisotopic (exact) mass is 827 g/mol. The standard InChI is InChI=1S/C42H49N7O11/c1-2-12-30(36(53)41(58)45-22-33(50)48-35(38(44)55)26-15-7-4-8-16-26)46-40(57)32-21-27(60-24-25-13-5-3-6-14-25)23-49(32)42(59)31(19-11-20-34(51)52)47-39(56)29-18-10-9-17-28(29)37(43)54/h3-10,13-18,27,30-32,35H,2,11-12,19-24H2,1H3,(H2,43,54)(H2,44,55)(H,45,58)(H,46,57)(H,47,56)(H,48,50)(H,51,52)/t27-,30?,31+,32+,35+/m1/s1. The molecule has 7 amide bonds. The Labute approximate surface area is 345 Å². The van der Waals surface area contributed by atoms with Crippen LogP contribution in [-0.4, -0.2) is 100 Å². The number of nitrogens with one attached hydrogen (secondary N) is 4. The molecule has 0 saturated carbocycles. The fourth-order valence-corrected chi connectivity index (χ4v) is 6.65. The second-order valence-corrected chi connectivity index (χ2v) is 14.1. The van der Waals surface area contributed by atoms with Crippen molar-refractivity contribution in [2.75, 3.05) is 13.1 Å². The van der Waals surface area contributed by atoms with Gasteiger partial charge in [0.25, 0.3) is 11.8 Å². The number of nitrogens with zero attached hydrogens (tertiary/aromatic N) is 1. The lowest BCUT2D eigenvalue weighted by Crippen LogP contribution is -2.56. The van der Waals surface area contributed by atoms with E-state index < -0.39 is 89.9 Å². The highest BCUT2D eigenvalue weighted by Gasteiger charge is 2.44. The van der Waals surface area contributed by atoms with Gasteiger partial charge in [-0.05, 0) is 42.5 Å². The molecule has 0 radical (unpaired) electrons. The highest BCUT2D eigenvalue weighted by atomic mass is 16.5. The van der Waals surface area contributed by atoms with Crippen LogP contribution in [0.2, 0.25) is 0 Å². The lowest BCUT2D eigenvalue weighted by atomic mass is 10.0. The summed E-state index contributed by atoms with van der Waals surface area (Å²) in [5.74, 6) is -8.38. The molecule has 18 heteroatoms. The number of ketones is 1. The Morgan fingerprint density at radius 3 is 2.05 bits per heavy atom. The summed E-state index contributed by atoms with van der Waals surface area (Å²) in [6.45, 7) is 1.01. The quantitative estimate of drug-likeness (QED) is 0.0690. The van der Waals surface area contributed by atoms with E-state index in [-0.39, 0.29) is 56.4 Å². The largest absolute Gasteiger partial charge is 0.481 e. The molecule has 60 heavy (non-hydrogen) atoms. The van der Waals surface area contributed by atoms with Gasteiger partial charge in [-0.2, -0.15) is 0 Å². The molecule has 0 aliphatic carbocycles. The van der Waals surface area contributed by atoms with Crippen molar-refractivity contribution in [2.45, 2.75) is 82.3 Å². The summed E-state index contributed by atoms with van der Waals surface area (Å²) in [5.41, 5.74) is 11.9. The highest BCUT2D eigenvalue weighted by Crippen LogP contribution is 2.25. The van der Waals surface area contributed by atoms with Crippen LogP contribution < -0.4 is 32.7 Å². The predicted molar refractivity (Wildman–Crippen MR) is 214 cm³/mol. The van der Waals surface area contributed by atoms with E-state index in [1.807, 2.05) is 30.3 Å². The number of aliphatic carboxylic acids is 1. The van der Waals surface area contributed by atoms with Gasteiger partial charge in [0.2, 0.25) is 35.3 Å². The number of carboxylic acid groups (broad SMARTS) is 1. The summed E-state index contributed by atoms with van der Waals surface area (Å²) in [4.78, 5) is 118. The lowest BCUT2D eigenvalue weighted by molar-refractivity contribution is -0.143. The Hall–Kier alpha value is -6.95. The maximum absolute atomic E-state index is 14.4. The van der Waals surface area contributed by atoms with Gasteiger partial charge in [0.1, 0.15) is 18.1 Å². The molecule has 318 valence electrons. The third-order valence-electron chi connectivity index (χ3n) is 9.67. The molecule has 1 saturated heterocycles. The van der Waals surface area contributed by atoms with Crippen LogP contribution in [0, 0.1) is 0 Å². The number of hydrogen-bond donors (Lipinski definition) is 7. The zero-order chi connectivity index (χ0) is 43.8. The third-order valence-corrected chi connectivity index (χ3v) is 9.67. The van der Waals surface area contributed by atoms with Crippen molar-refractivity contribution < 1.29 is 53.0 Å². The first-order valence-electron chi connectivity index (χ1n) is 19.3. The van der Waals surface area contributed by atoms with Gasteiger partial charge in [0.05, 0.1) is 36.4 Å². The van der Waals surface area contributed by atoms with E-state index >= 15 is 0 Å².